The van der Waals surface area contributed by atoms with Gasteiger partial charge in [0.05, 0.1) is 10.7 Å². The van der Waals surface area contributed by atoms with Crippen LogP contribution in [0.4, 0.5) is 14.5 Å². The zero-order valence-electron chi connectivity index (χ0n) is 9.77. The molecule has 2 aromatic rings. The monoisotopic (exact) mass is 319 g/mol. The number of phenolic OH excluding ortho intramolecular Hbond substituents is 1. The van der Waals surface area contributed by atoms with Crippen molar-refractivity contribution in [2.45, 2.75) is 4.90 Å². The number of sulfonamides is 1. The molecule has 0 aliphatic carbocycles. The second-order valence-corrected chi connectivity index (χ2v) is 5.90. The minimum absolute atomic E-state index is 0.196. The molecule has 106 valence electrons. The number of nitrogens with one attached hydrogen (secondary N) is 1. The van der Waals surface area contributed by atoms with Gasteiger partial charge in [-0.25, -0.2) is 17.2 Å². The molecule has 0 aromatic heterocycles. The van der Waals surface area contributed by atoms with E-state index in [-0.39, 0.29) is 16.5 Å². The SMILES string of the molecule is O=S(=O)(Nc1ccc(O)cc1F)c1cc(F)ccc1Cl. The Bertz CT molecular complexity index is 765. The van der Waals surface area contributed by atoms with Gasteiger partial charge in [0, 0.05) is 6.07 Å². The summed E-state index contributed by atoms with van der Waals surface area (Å²) < 4.78 is 52.5. The Labute approximate surface area is 118 Å². The Morgan fingerprint density at radius 2 is 1.80 bits per heavy atom. The summed E-state index contributed by atoms with van der Waals surface area (Å²) in [6.45, 7) is 0. The Morgan fingerprint density at radius 3 is 2.45 bits per heavy atom. The van der Waals surface area contributed by atoms with E-state index in [2.05, 4.69) is 0 Å². The van der Waals surface area contributed by atoms with Gasteiger partial charge in [-0.15, -0.1) is 0 Å². The van der Waals surface area contributed by atoms with Crippen LogP contribution in [0, 0.1) is 11.6 Å². The van der Waals surface area contributed by atoms with Crippen LogP contribution in [0.5, 0.6) is 5.75 Å². The molecule has 2 N–H and O–H groups in total. The van der Waals surface area contributed by atoms with Crippen molar-refractivity contribution in [2.75, 3.05) is 4.72 Å². The van der Waals surface area contributed by atoms with E-state index in [4.69, 9.17) is 16.7 Å². The number of hydrogen-bond acceptors (Lipinski definition) is 3. The van der Waals surface area contributed by atoms with Crippen molar-refractivity contribution in [1.29, 1.82) is 0 Å². The third-order valence-corrected chi connectivity index (χ3v) is 4.23. The highest BCUT2D eigenvalue weighted by atomic mass is 35.5. The second kappa shape index (κ2) is 5.26. The number of rotatable bonds is 3. The maximum Gasteiger partial charge on any atom is 0.263 e. The van der Waals surface area contributed by atoms with Gasteiger partial charge in [0.2, 0.25) is 0 Å². The maximum atomic E-state index is 13.5. The van der Waals surface area contributed by atoms with E-state index in [1.54, 1.807) is 0 Å². The summed E-state index contributed by atoms with van der Waals surface area (Å²) in [4.78, 5) is -0.508. The molecule has 2 aromatic carbocycles. The van der Waals surface area contributed by atoms with Crippen molar-refractivity contribution in [1.82, 2.24) is 0 Å². The van der Waals surface area contributed by atoms with Crippen LogP contribution in [0.2, 0.25) is 5.02 Å². The fourth-order valence-electron chi connectivity index (χ4n) is 1.47. The van der Waals surface area contributed by atoms with E-state index in [0.717, 1.165) is 36.4 Å². The first-order chi connectivity index (χ1) is 9.29. The summed E-state index contributed by atoms with van der Waals surface area (Å²) in [5.41, 5.74) is -0.386. The first kappa shape index (κ1) is 14.5. The molecule has 20 heavy (non-hydrogen) atoms. The summed E-state index contributed by atoms with van der Waals surface area (Å²) >= 11 is 5.69. The van der Waals surface area contributed by atoms with E-state index in [0.29, 0.717) is 0 Å². The number of benzene rings is 2. The van der Waals surface area contributed by atoms with Gasteiger partial charge < -0.3 is 5.11 Å². The molecule has 2 rings (SSSR count). The van der Waals surface area contributed by atoms with E-state index in [9.17, 15) is 17.2 Å². The Morgan fingerprint density at radius 1 is 1.10 bits per heavy atom. The van der Waals surface area contributed by atoms with Gasteiger partial charge in [-0.1, -0.05) is 11.6 Å². The van der Waals surface area contributed by atoms with Gasteiger partial charge in [-0.3, -0.25) is 4.72 Å². The summed E-state index contributed by atoms with van der Waals surface area (Å²) in [5.74, 6) is -2.11. The van der Waals surface area contributed by atoms with Crippen LogP contribution >= 0.6 is 11.6 Å². The van der Waals surface area contributed by atoms with Gasteiger partial charge in [0.1, 0.15) is 16.5 Å². The number of phenols is 1. The highest BCUT2D eigenvalue weighted by Gasteiger charge is 2.20. The molecule has 0 aliphatic heterocycles. The Hall–Kier alpha value is -1.86. The zero-order chi connectivity index (χ0) is 14.9. The molecule has 0 amide bonds. The third-order valence-electron chi connectivity index (χ3n) is 2.38. The topological polar surface area (TPSA) is 66.4 Å². The molecule has 4 nitrogen and oxygen atoms in total. The van der Waals surface area contributed by atoms with Crippen LogP contribution in [-0.2, 0) is 10.0 Å². The summed E-state index contributed by atoms with van der Waals surface area (Å²) in [7, 11) is -4.25. The number of hydrogen-bond donors (Lipinski definition) is 2. The average molecular weight is 320 g/mol. The lowest BCUT2D eigenvalue weighted by Gasteiger charge is -2.10. The minimum atomic E-state index is -4.25. The molecule has 0 bridgehead atoms. The van der Waals surface area contributed by atoms with E-state index >= 15 is 0 Å². The largest absolute Gasteiger partial charge is 0.508 e. The molecule has 8 heteroatoms. The number of halogens is 3. The van der Waals surface area contributed by atoms with E-state index in [1.165, 1.54) is 0 Å². The van der Waals surface area contributed by atoms with Crippen LogP contribution in [0.25, 0.3) is 0 Å². The lowest BCUT2D eigenvalue weighted by atomic mass is 10.3. The standard InChI is InChI=1S/C12H8ClF2NO3S/c13-9-3-1-7(14)5-12(9)20(18,19)16-11-4-2-8(17)6-10(11)15/h1-6,16-17H. The van der Waals surface area contributed by atoms with Crippen molar-refractivity contribution in [3.63, 3.8) is 0 Å². The molecule has 0 spiro atoms. The molecule has 0 heterocycles. The quantitative estimate of drug-likeness (QED) is 0.854. The molecule has 0 saturated heterocycles. The molecule has 0 saturated carbocycles. The molecule has 0 atom stereocenters. The number of anilines is 1. The highest BCUT2D eigenvalue weighted by Crippen LogP contribution is 2.26. The van der Waals surface area contributed by atoms with Crippen LogP contribution in [0.15, 0.2) is 41.3 Å². The molecule has 0 aliphatic rings. The summed E-state index contributed by atoms with van der Waals surface area (Å²) in [6, 6.07) is 5.69. The van der Waals surface area contributed by atoms with Crippen molar-refractivity contribution >= 4 is 27.3 Å². The minimum Gasteiger partial charge on any atom is -0.508 e. The van der Waals surface area contributed by atoms with Gasteiger partial charge >= 0.3 is 0 Å². The van der Waals surface area contributed by atoms with E-state index in [1.807, 2.05) is 4.72 Å². The maximum absolute atomic E-state index is 13.5. The van der Waals surface area contributed by atoms with Crippen molar-refractivity contribution in [3.8, 4) is 5.75 Å². The van der Waals surface area contributed by atoms with Crippen molar-refractivity contribution in [3.05, 3.63) is 53.1 Å². The Kier molecular flexibility index (Phi) is 3.82. The average Bonchev–Trinajstić information content (AvgIpc) is 2.35. The van der Waals surface area contributed by atoms with Crippen LogP contribution in [0.1, 0.15) is 0 Å². The number of aromatic hydroxyl groups is 1. The molecule has 0 radical (unpaired) electrons. The van der Waals surface area contributed by atoms with Gasteiger partial charge in [0.25, 0.3) is 10.0 Å². The molecule has 0 unspecified atom stereocenters. The van der Waals surface area contributed by atoms with Gasteiger partial charge in [0.15, 0.2) is 5.82 Å². The molecular formula is C12H8ClF2NO3S. The first-order valence-corrected chi connectivity index (χ1v) is 7.12. The van der Waals surface area contributed by atoms with E-state index < -0.39 is 26.6 Å². The fourth-order valence-corrected chi connectivity index (χ4v) is 3.05. The van der Waals surface area contributed by atoms with Crippen molar-refractivity contribution < 1.29 is 22.3 Å². The fraction of sp³-hybridized carbons (Fsp3) is 0. The van der Waals surface area contributed by atoms with Gasteiger partial charge in [-0.05, 0) is 30.3 Å². The van der Waals surface area contributed by atoms with Crippen molar-refractivity contribution in [2.24, 2.45) is 0 Å². The van der Waals surface area contributed by atoms with Crippen LogP contribution in [0.3, 0.4) is 0 Å². The van der Waals surface area contributed by atoms with Gasteiger partial charge in [-0.2, -0.15) is 0 Å². The predicted octanol–water partition coefficient (Wildman–Crippen LogP) is 3.12. The lowest BCUT2D eigenvalue weighted by molar-refractivity contribution is 0.469. The first-order valence-electron chi connectivity index (χ1n) is 5.26. The van der Waals surface area contributed by atoms with Crippen LogP contribution < -0.4 is 4.72 Å². The zero-order valence-corrected chi connectivity index (χ0v) is 11.3. The smallest absolute Gasteiger partial charge is 0.263 e. The molecular weight excluding hydrogens is 312 g/mol. The highest BCUT2D eigenvalue weighted by molar-refractivity contribution is 7.92. The summed E-state index contributed by atoms with van der Waals surface area (Å²) in [6.07, 6.45) is 0. The Balaban J connectivity index is 2.43. The predicted molar refractivity (Wildman–Crippen MR) is 70.3 cm³/mol. The summed E-state index contributed by atoms with van der Waals surface area (Å²) in [5, 5.41) is 8.85. The normalized spacial score (nSPS) is 11.3. The second-order valence-electron chi connectivity index (χ2n) is 3.84. The lowest BCUT2D eigenvalue weighted by Crippen LogP contribution is -2.14. The third kappa shape index (κ3) is 3.00. The van der Waals surface area contributed by atoms with Crippen LogP contribution in [-0.4, -0.2) is 13.5 Å². The molecule has 0 fully saturated rings.